The van der Waals surface area contributed by atoms with Gasteiger partial charge < -0.3 is 10.4 Å². The van der Waals surface area contributed by atoms with Gasteiger partial charge >= 0.3 is 0 Å². The molecule has 0 fully saturated rings. The fourth-order valence-electron chi connectivity index (χ4n) is 1.32. The number of hydrogen-bond donors (Lipinski definition) is 2. The first-order valence-electron chi connectivity index (χ1n) is 5.60. The number of carbonyl (C=O) groups excluding carboxylic acids is 2. The summed E-state index contributed by atoms with van der Waals surface area (Å²) in [5.41, 5.74) is 1.08. The van der Waals surface area contributed by atoms with Gasteiger partial charge in [0.05, 0.1) is 5.69 Å². The molecule has 6 heteroatoms. The highest BCUT2D eigenvalue weighted by Crippen LogP contribution is 2.18. The third-order valence-corrected chi connectivity index (χ3v) is 2.13. The smallest absolute Gasteiger partial charge is 0.221 e. The van der Waals surface area contributed by atoms with Crippen molar-refractivity contribution in [3.63, 3.8) is 0 Å². The Morgan fingerprint density at radius 3 is 2.11 bits per heavy atom. The maximum atomic E-state index is 11.2. The van der Waals surface area contributed by atoms with E-state index in [2.05, 4.69) is 15.5 Å². The summed E-state index contributed by atoms with van der Waals surface area (Å²) in [5.74, 6) is -0.697. The summed E-state index contributed by atoms with van der Waals surface area (Å²) in [7, 11) is 0. The van der Waals surface area contributed by atoms with Crippen LogP contribution in [0.5, 0.6) is 0 Å². The van der Waals surface area contributed by atoms with Gasteiger partial charge in [-0.1, -0.05) is 0 Å². The number of aliphatic hydroxyl groups excluding tert-OH is 1. The van der Waals surface area contributed by atoms with E-state index >= 15 is 0 Å². The Kier molecular flexibility index (Phi) is 4.93. The molecule has 0 spiro atoms. The van der Waals surface area contributed by atoms with E-state index in [1.807, 2.05) is 0 Å². The highest BCUT2D eigenvalue weighted by molar-refractivity contribution is 5.93. The molecule has 0 unspecified atom stereocenters. The molecule has 0 aliphatic heterocycles. The third-order valence-electron chi connectivity index (χ3n) is 2.13. The third kappa shape index (κ3) is 4.71. The first-order valence-corrected chi connectivity index (χ1v) is 5.60. The van der Waals surface area contributed by atoms with Crippen LogP contribution >= 0.6 is 0 Å². The lowest BCUT2D eigenvalue weighted by Crippen LogP contribution is -2.04. The Hall–Kier alpha value is -2.50. The van der Waals surface area contributed by atoms with Crippen LogP contribution in [0.25, 0.3) is 0 Å². The average molecular weight is 261 g/mol. The summed E-state index contributed by atoms with van der Waals surface area (Å²) in [6.45, 7) is 4.09. The van der Waals surface area contributed by atoms with Gasteiger partial charge in [-0.2, -0.15) is 5.11 Å². The van der Waals surface area contributed by atoms with Crippen molar-refractivity contribution in [2.45, 2.75) is 20.8 Å². The number of azo groups is 1. The van der Waals surface area contributed by atoms with Crippen molar-refractivity contribution in [1.82, 2.24) is 0 Å². The van der Waals surface area contributed by atoms with E-state index in [1.54, 1.807) is 24.3 Å². The van der Waals surface area contributed by atoms with Crippen LogP contribution < -0.4 is 5.32 Å². The Balaban J connectivity index is 2.86. The number of benzene rings is 1. The number of rotatable bonds is 4. The minimum atomic E-state index is -0.362. The topological polar surface area (TPSA) is 91.1 Å². The van der Waals surface area contributed by atoms with Gasteiger partial charge in [0.1, 0.15) is 5.76 Å². The van der Waals surface area contributed by atoms with Crippen LogP contribution in [-0.2, 0) is 9.59 Å². The minimum absolute atomic E-state index is 0.0778. The van der Waals surface area contributed by atoms with Crippen molar-refractivity contribution in [2.24, 2.45) is 10.2 Å². The van der Waals surface area contributed by atoms with Crippen LogP contribution in [0.15, 0.2) is 46.0 Å². The van der Waals surface area contributed by atoms with Gasteiger partial charge in [-0.15, -0.1) is 5.11 Å². The molecule has 1 aromatic rings. The van der Waals surface area contributed by atoms with Gasteiger partial charge in [0.2, 0.25) is 5.91 Å². The van der Waals surface area contributed by atoms with Crippen LogP contribution in [0.3, 0.4) is 0 Å². The highest BCUT2D eigenvalue weighted by Gasteiger charge is 2.06. The number of nitrogens with one attached hydrogen (secondary N) is 1. The van der Waals surface area contributed by atoms with E-state index in [0.29, 0.717) is 11.4 Å². The van der Waals surface area contributed by atoms with Crippen molar-refractivity contribution < 1.29 is 14.7 Å². The summed E-state index contributed by atoms with van der Waals surface area (Å²) < 4.78 is 0. The largest absolute Gasteiger partial charge is 0.510 e. The van der Waals surface area contributed by atoms with Gasteiger partial charge in [0.15, 0.2) is 11.5 Å². The van der Waals surface area contributed by atoms with Crippen molar-refractivity contribution >= 4 is 23.1 Å². The number of Topliss-reactive ketones (excluding diaryl/α,β-unsaturated/α-hetero) is 1. The molecule has 0 aliphatic rings. The van der Waals surface area contributed by atoms with E-state index in [-0.39, 0.29) is 23.1 Å². The standard InChI is InChI=1S/C13H15N3O3/c1-8(17)13(9(2)18)16-15-12-6-4-11(5-7-12)14-10(3)19/h4-7,17H,1-3H3,(H,14,19)/b13-8-,16-15?. The first-order chi connectivity index (χ1) is 8.90. The molecular weight excluding hydrogens is 246 g/mol. The van der Waals surface area contributed by atoms with Crippen LogP contribution in [-0.4, -0.2) is 16.8 Å². The zero-order chi connectivity index (χ0) is 14.4. The predicted octanol–water partition coefficient (Wildman–Crippen LogP) is 3.11. The molecule has 0 saturated heterocycles. The first kappa shape index (κ1) is 14.6. The second-order valence-electron chi connectivity index (χ2n) is 3.92. The molecule has 100 valence electrons. The van der Waals surface area contributed by atoms with Crippen LogP contribution in [0, 0.1) is 0 Å². The van der Waals surface area contributed by atoms with E-state index in [1.165, 1.54) is 20.8 Å². The van der Waals surface area contributed by atoms with Crippen molar-refractivity contribution in [2.75, 3.05) is 5.32 Å². The Morgan fingerprint density at radius 1 is 1.11 bits per heavy atom. The number of aliphatic hydroxyl groups is 1. The number of allylic oxidation sites excluding steroid dienone is 2. The summed E-state index contributed by atoms with van der Waals surface area (Å²) in [6, 6.07) is 6.61. The van der Waals surface area contributed by atoms with Crippen LogP contribution in [0.2, 0.25) is 0 Å². The van der Waals surface area contributed by atoms with Gasteiger partial charge in [-0.05, 0) is 31.2 Å². The zero-order valence-electron chi connectivity index (χ0n) is 11.0. The van der Waals surface area contributed by atoms with E-state index < -0.39 is 0 Å². The number of carbonyl (C=O) groups is 2. The molecule has 0 heterocycles. The molecule has 1 aromatic carbocycles. The fourth-order valence-corrected chi connectivity index (χ4v) is 1.32. The van der Waals surface area contributed by atoms with Gasteiger partial charge in [-0.25, -0.2) is 0 Å². The molecule has 0 aromatic heterocycles. The Labute approximate surface area is 110 Å². The van der Waals surface area contributed by atoms with E-state index in [9.17, 15) is 14.7 Å². The van der Waals surface area contributed by atoms with Gasteiger partial charge in [-0.3, -0.25) is 9.59 Å². The lowest BCUT2D eigenvalue weighted by atomic mass is 10.3. The normalized spacial score (nSPS) is 12.2. The minimum Gasteiger partial charge on any atom is -0.510 e. The molecule has 0 saturated carbocycles. The van der Waals surface area contributed by atoms with Crippen LogP contribution in [0.4, 0.5) is 11.4 Å². The number of anilines is 1. The molecular formula is C13H15N3O3. The highest BCUT2D eigenvalue weighted by atomic mass is 16.3. The van der Waals surface area contributed by atoms with Gasteiger partial charge in [0.25, 0.3) is 0 Å². The summed E-state index contributed by atoms with van der Waals surface area (Å²) >= 11 is 0. The summed E-state index contributed by atoms with van der Waals surface area (Å²) in [4.78, 5) is 22.0. The summed E-state index contributed by atoms with van der Waals surface area (Å²) in [6.07, 6.45) is 0. The molecule has 0 bridgehead atoms. The molecule has 1 amide bonds. The molecule has 0 aliphatic carbocycles. The fraction of sp³-hybridized carbons (Fsp3) is 0.231. The molecule has 0 radical (unpaired) electrons. The van der Waals surface area contributed by atoms with Crippen molar-refractivity contribution in [3.05, 3.63) is 35.7 Å². The average Bonchev–Trinajstić information content (AvgIpc) is 2.29. The lowest BCUT2D eigenvalue weighted by molar-refractivity contribution is -0.114. The monoisotopic (exact) mass is 261 g/mol. The summed E-state index contributed by atoms with van der Waals surface area (Å²) in [5, 5.41) is 19.4. The molecule has 0 atom stereocenters. The number of hydrogen-bond acceptors (Lipinski definition) is 5. The van der Waals surface area contributed by atoms with Gasteiger partial charge in [0, 0.05) is 19.5 Å². The SMILES string of the molecule is CC(=O)Nc1ccc(N=N/C(C(C)=O)=C(/C)O)cc1. The lowest BCUT2D eigenvalue weighted by Gasteiger charge is -2.01. The molecule has 2 N–H and O–H groups in total. The quantitative estimate of drug-likeness (QED) is 0.495. The Bertz CT molecular complexity index is 541. The van der Waals surface area contributed by atoms with Crippen molar-refractivity contribution in [3.8, 4) is 0 Å². The van der Waals surface area contributed by atoms with E-state index in [0.717, 1.165) is 0 Å². The number of nitrogens with zero attached hydrogens (tertiary/aromatic N) is 2. The molecule has 6 nitrogen and oxygen atoms in total. The predicted molar refractivity (Wildman–Crippen MR) is 71.3 cm³/mol. The maximum Gasteiger partial charge on any atom is 0.221 e. The molecule has 1 rings (SSSR count). The maximum absolute atomic E-state index is 11.2. The second-order valence-corrected chi connectivity index (χ2v) is 3.92. The van der Waals surface area contributed by atoms with E-state index in [4.69, 9.17) is 0 Å². The zero-order valence-corrected chi connectivity index (χ0v) is 11.0. The van der Waals surface area contributed by atoms with Crippen LogP contribution in [0.1, 0.15) is 20.8 Å². The second kappa shape index (κ2) is 6.44. The number of ketones is 1. The molecule has 19 heavy (non-hydrogen) atoms. The van der Waals surface area contributed by atoms with Crippen molar-refractivity contribution in [1.29, 1.82) is 0 Å². The number of amides is 1. The Morgan fingerprint density at radius 2 is 1.68 bits per heavy atom.